The highest BCUT2D eigenvalue weighted by molar-refractivity contribution is 5.98. The maximum atomic E-state index is 12.1. The molecule has 3 aliphatic rings. The normalized spacial score (nSPS) is 19.7. The second kappa shape index (κ2) is 10.2. The summed E-state index contributed by atoms with van der Waals surface area (Å²) in [5.74, 6) is 0.205. The molecule has 2 aromatic heterocycles. The molecule has 190 valence electrons. The van der Waals surface area contributed by atoms with Crippen molar-refractivity contribution in [2.75, 3.05) is 37.6 Å². The molecular formula is C29H37N5O2. The summed E-state index contributed by atoms with van der Waals surface area (Å²) >= 11 is 0. The molecule has 7 heteroatoms. The molecule has 0 unspecified atom stereocenters. The molecule has 0 atom stereocenters. The third-order valence-corrected chi connectivity index (χ3v) is 8.60. The third kappa shape index (κ3) is 4.61. The predicted octanol–water partition coefficient (Wildman–Crippen LogP) is 5.48. The van der Waals surface area contributed by atoms with Gasteiger partial charge in [0.2, 0.25) is 0 Å². The number of aromatic nitrogens is 3. The van der Waals surface area contributed by atoms with Gasteiger partial charge in [-0.1, -0.05) is 24.6 Å². The van der Waals surface area contributed by atoms with Crippen molar-refractivity contribution in [1.82, 2.24) is 19.7 Å². The summed E-state index contributed by atoms with van der Waals surface area (Å²) in [6.45, 7) is 5.74. The molecule has 36 heavy (non-hydrogen) atoms. The van der Waals surface area contributed by atoms with Crippen LogP contribution in [-0.2, 0) is 0 Å². The van der Waals surface area contributed by atoms with Crippen molar-refractivity contribution < 1.29 is 9.90 Å². The van der Waals surface area contributed by atoms with E-state index in [-0.39, 0.29) is 5.69 Å². The number of aromatic carboxylic acids is 1. The number of carboxylic acid groups (broad SMARTS) is 1. The lowest BCUT2D eigenvalue weighted by Crippen LogP contribution is -2.34. The lowest BCUT2D eigenvalue weighted by molar-refractivity contribution is 0.0691. The average Bonchev–Trinajstić information content (AvgIpc) is 3.52. The van der Waals surface area contributed by atoms with Gasteiger partial charge in [0.25, 0.3) is 0 Å². The Morgan fingerprint density at radius 3 is 2.39 bits per heavy atom. The number of nitrogens with zero attached hydrogens (tertiary/aromatic N) is 5. The van der Waals surface area contributed by atoms with Gasteiger partial charge in [-0.3, -0.25) is 0 Å². The minimum atomic E-state index is -0.985. The van der Waals surface area contributed by atoms with Gasteiger partial charge in [-0.25, -0.2) is 14.5 Å². The number of carboxylic acids is 1. The van der Waals surface area contributed by atoms with Crippen LogP contribution in [0, 0.1) is 5.92 Å². The van der Waals surface area contributed by atoms with Gasteiger partial charge in [-0.2, -0.15) is 5.10 Å². The van der Waals surface area contributed by atoms with Crippen LogP contribution in [-0.4, -0.2) is 63.5 Å². The van der Waals surface area contributed by atoms with Gasteiger partial charge in [0.15, 0.2) is 11.3 Å². The van der Waals surface area contributed by atoms with E-state index in [4.69, 9.17) is 5.10 Å². The van der Waals surface area contributed by atoms with Crippen LogP contribution in [0.3, 0.4) is 0 Å². The zero-order valence-electron chi connectivity index (χ0n) is 21.1. The number of hydrogen-bond acceptors (Lipinski definition) is 5. The standard InChI is InChI=1S/C29H37N5O2/c35-29(36)24-20-25(33-18-13-21(14-19-33)8-7-17-32-15-4-5-16-32)26-27(22-9-6-10-22)31-34(28(26)30-24)23-11-2-1-3-12-23/h1-3,11-12,20-22H,4-10,13-19H2,(H,35,36). The minimum absolute atomic E-state index is 0.0995. The fourth-order valence-electron chi connectivity index (χ4n) is 6.27. The molecule has 0 amide bonds. The zero-order chi connectivity index (χ0) is 24.5. The van der Waals surface area contributed by atoms with E-state index >= 15 is 0 Å². The Morgan fingerprint density at radius 1 is 0.972 bits per heavy atom. The molecule has 2 aliphatic heterocycles. The number of benzene rings is 1. The van der Waals surface area contributed by atoms with E-state index in [1.54, 1.807) is 6.07 Å². The van der Waals surface area contributed by atoms with Crippen LogP contribution in [0.1, 0.15) is 79.9 Å². The summed E-state index contributed by atoms with van der Waals surface area (Å²) in [7, 11) is 0. The maximum absolute atomic E-state index is 12.1. The lowest BCUT2D eigenvalue weighted by atomic mass is 9.81. The molecule has 0 radical (unpaired) electrons. The highest BCUT2D eigenvalue weighted by atomic mass is 16.4. The van der Waals surface area contributed by atoms with Crippen molar-refractivity contribution in [2.24, 2.45) is 5.92 Å². The smallest absolute Gasteiger partial charge is 0.354 e. The van der Waals surface area contributed by atoms with Gasteiger partial charge >= 0.3 is 5.97 Å². The average molecular weight is 488 g/mol. The molecule has 6 rings (SSSR count). The first-order valence-electron chi connectivity index (χ1n) is 13.9. The molecule has 4 heterocycles. The van der Waals surface area contributed by atoms with E-state index in [9.17, 15) is 9.90 Å². The molecule has 7 nitrogen and oxygen atoms in total. The van der Waals surface area contributed by atoms with E-state index in [1.807, 2.05) is 35.0 Å². The molecule has 2 saturated heterocycles. The topological polar surface area (TPSA) is 74.5 Å². The molecule has 3 aromatic rings. The number of pyridine rings is 1. The maximum Gasteiger partial charge on any atom is 0.354 e. The number of hydrogen-bond donors (Lipinski definition) is 1. The SMILES string of the molecule is O=C(O)c1cc(N2CCC(CCCN3CCCC3)CC2)c2c(C3CCC3)nn(-c3ccccc3)c2n1. The molecule has 0 spiro atoms. The Kier molecular flexibility index (Phi) is 6.65. The number of piperidine rings is 1. The highest BCUT2D eigenvalue weighted by Gasteiger charge is 2.31. The van der Waals surface area contributed by atoms with E-state index in [0.29, 0.717) is 11.6 Å². The summed E-state index contributed by atoms with van der Waals surface area (Å²) in [5.41, 5.74) is 3.79. The second-order valence-corrected chi connectivity index (χ2v) is 10.9. The molecule has 1 aliphatic carbocycles. The fraction of sp³-hybridized carbons (Fsp3) is 0.552. The molecule has 3 fully saturated rings. The third-order valence-electron chi connectivity index (χ3n) is 8.60. The number of carbonyl (C=O) groups is 1. The van der Waals surface area contributed by atoms with Gasteiger partial charge in [0.05, 0.1) is 22.5 Å². The first-order valence-corrected chi connectivity index (χ1v) is 13.9. The number of likely N-dealkylation sites (tertiary alicyclic amines) is 1. The summed E-state index contributed by atoms with van der Waals surface area (Å²) < 4.78 is 1.87. The van der Waals surface area contributed by atoms with Crippen molar-refractivity contribution in [3.8, 4) is 5.69 Å². The summed E-state index contributed by atoms with van der Waals surface area (Å²) in [4.78, 5) is 21.8. The molecule has 0 bridgehead atoms. The van der Waals surface area contributed by atoms with Gasteiger partial charge in [-0.15, -0.1) is 0 Å². The molecule has 1 N–H and O–H groups in total. The van der Waals surface area contributed by atoms with Gasteiger partial charge in [0, 0.05) is 19.0 Å². The van der Waals surface area contributed by atoms with Crippen molar-refractivity contribution >= 4 is 22.7 Å². The Balaban J connectivity index is 1.29. The van der Waals surface area contributed by atoms with Crippen LogP contribution in [0.2, 0.25) is 0 Å². The fourth-order valence-corrected chi connectivity index (χ4v) is 6.27. The van der Waals surface area contributed by atoms with E-state index in [0.717, 1.165) is 67.1 Å². The van der Waals surface area contributed by atoms with Crippen molar-refractivity contribution in [3.63, 3.8) is 0 Å². The highest BCUT2D eigenvalue weighted by Crippen LogP contribution is 2.43. The first kappa shape index (κ1) is 23.5. The van der Waals surface area contributed by atoms with Gasteiger partial charge in [0.1, 0.15) is 0 Å². The van der Waals surface area contributed by atoms with Crippen LogP contribution >= 0.6 is 0 Å². The van der Waals surface area contributed by atoms with E-state index in [2.05, 4.69) is 14.8 Å². The minimum Gasteiger partial charge on any atom is -0.477 e. The number of rotatable bonds is 8. The van der Waals surface area contributed by atoms with E-state index in [1.165, 1.54) is 51.7 Å². The molecular weight excluding hydrogens is 450 g/mol. The number of para-hydroxylation sites is 1. The Bertz CT molecular complexity index is 1210. The monoisotopic (exact) mass is 487 g/mol. The van der Waals surface area contributed by atoms with Crippen molar-refractivity contribution in [1.29, 1.82) is 0 Å². The molecule has 1 saturated carbocycles. The Hall–Kier alpha value is -2.93. The summed E-state index contributed by atoms with van der Waals surface area (Å²) in [6, 6.07) is 11.8. The first-order chi connectivity index (χ1) is 17.7. The summed E-state index contributed by atoms with van der Waals surface area (Å²) in [6.07, 6.45) is 11.2. The van der Waals surface area contributed by atoms with Crippen LogP contribution in [0.4, 0.5) is 5.69 Å². The number of anilines is 1. The van der Waals surface area contributed by atoms with Crippen LogP contribution < -0.4 is 4.90 Å². The lowest BCUT2D eigenvalue weighted by Gasteiger charge is -2.35. The molecule has 1 aromatic carbocycles. The second-order valence-electron chi connectivity index (χ2n) is 10.9. The largest absolute Gasteiger partial charge is 0.477 e. The van der Waals surface area contributed by atoms with Crippen molar-refractivity contribution in [2.45, 2.75) is 63.7 Å². The van der Waals surface area contributed by atoms with Crippen LogP contribution in [0.5, 0.6) is 0 Å². The number of fused-ring (bicyclic) bond motifs is 1. The Morgan fingerprint density at radius 2 is 1.72 bits per heavy atom. The van der Waals surface area contributed by atoms with Crippen LogP contribution in [0.25, 0.3) is 16.7 Å². The van der Waals surface area contributed by atoms with Crippen molar-refractivity contribution in [3.05, 3.63) is 47.8 Å². The quantitative estimate of drug-likeness (QED) is 0.454. The summed E-state index contributed by atoms with van der Waals surface area (Å²) in [5, 5.41) is 16.0. The predicted molar refractivity (Wildman–Crippen MR) is 142 cm³/mol. The van der Waals surface area contributed by atoms with Gasteiger partial charge in [-0.05, 0) is 95.1 Å². The Labute approximate surface area is 213 Å². The zero-order valence-corrected chi connectivity index (χ0v) is 21.1. The van der Waals surface area contributed by atoms with Gasteiger partial charge < -0.3 is 14.9 Å². The van der Waals surface area contributed by atoms with E-state index < -0.39 is 5.97 Å². The van der Waals surface area contributed by atoms with Crippen LogP contribution in [0.15, 0.2) is 36.4 Å².